The van der Waals surface area contributed by atoms with Gasteiger partial charge in [0.15, 0.2) is 5.13 Å². The molecule has 0 amide bonds. The zero-order valence-electron chi connectivity index (χ0n) is 10.9. The van der Waals surface area contributed by atoms with E-state index in [1.807, 2.05) is 24.4 Å². The summed E-state index contributed by atoms with van der Waals surface area (Å²) >= 11 is 1.48. The summed E-state index contributed by atoms with van der Waals surface area (Å²) in [4.78, 5) is 4.38. The van der Waals surface area contributed by atoms with Crippen molar-refractivity contribution in [3.63, 3.8) is 0 Å². The normalized spacial score (nSPS) is 11.5. The molecule has 0 radical (unpaired) electrons. The monoisotopic (exact) mass is 262 g/mol. The average Bonchev–Trinajstić information content (AvgIpc) is 2.78. The first-order chi connectivity index (χ1) is 8.54. The molecule has 0 bridgehead atoms. The van der Waals surface area contributed by atoms with E-state index in [0.717, 1.165) is 11.4 Å². The number of anilines is 1. The van der Waals surface area contributed by atoms with Crippen molar-refractivity contribution in [3.8, 4) is 5.75 Å². The molecule has 0 saturated heterocycles. The molecule has 0 saturated carbocycles. The highest BCUT2D eigenvalue weighted by Crippen LogP contribution is 2.33. The number of benzene rings is 1. The Morgan fingerprint density at radius 2 is 1.94 bits per heavy atom. The van der Waals surface area contributed by atoms with Crippen LogP contribution in [0.1, 0.15) is 32.0 Å². The van der Waals surface area contributed by atoms with E-state index < -0.39 is 0 Å². The number of aromatic nitrogens is 1. The molecule has 0 fully saturated rings. The molecule has 0 aliphatic heterocycles. The third kappa shape index (κ3) is 2.48. The molecule has 0 aliphatic carbocycles. The summed E-state index contributed by atoms with van der Waals surface area (Å²) in [5.74, 6) is 0.898. The van der Waals surface area contributed by atoms with Crippen LogP contribution in [0.15, 0.2) is 29.6 Å². The molecule has 2 N–H and O–H groups in total. The Balaban J connectivity index is 2.29. The Labute approximate surface area is 112 Å². The maximum absolute atomic E-state index is 5.70. The molecule has 0 unspecified atom stereocenters. The summed E-state index contributed by atoms with van der Waals surface area (Å²) in [6.45, 7) is 6.97. The number of thiazole rings is 1. The van der Waals surface area contributed by atoms with Gasteiger partial charge in [0, 0.05) is 10.8 Å². The van der Waals surface area contributed by atoms with E-state index in [0.29, 0.717) is 11.7 Å². The molecule has 3 nitrogen and oxygen atoms in total. The van der Waals surface area contributed by atoms with Gasteiger partial charge >= 0.3 is 0 Å². The second-order valence-corrected chi connectivity index (χ2v) is 5.54. The zero-order chi connectivity index (χ0) is 13.2. The van der Waals surface area contributed by atoms with Crippen molar-refractivity contribution in [2.45, 2.75) is 26.2 Å². The molecule has 18 heavy (non-hydrogen) atoms. The third-order valence-electron chi connectivity index (χ3n) is 3.05. The lowest BCUT2D eigenvalue weighted by molar-refractivity contribution is 0.340. The highest BCUT2D eigenvalue weighted by atomic mass is 32.1. The maximum Gasteiger partial charge on any atom is 0.180 e. The lowest BCUT2D eigenvalue weighted by Gasteiger charge is -2.23. The van der Waals surface area contributed by atoms with Gasteiger partial charge in [-0.3, -0.25) is 0 Å². The van der Waals surface area contributed by atoms with E-state index in [1.165, 1.54) is 16.9 Å². The highest BCUT2D eigenvalue weighted by Gasteiger charge is 2.25. The summed E-state index contributed by atoms with van der Waals surface area (Å²) in [6.07, 6.45) is 0. The Bertz CT molecular complexity index is 517. The molecule has 1 aromatic heterocycles. The van der Waals surface area contributed by atoms with E-state index in [9.17, 15) is 0 Å². The van der Waals surface area contributed by atoms with Crippen LogP contribution in [0.3, 0.4) is 0 Å². The summed E-state index contributed by atoms with van der Waals surface area (Å²) < 4.78 is 5.45. The average molecular weight is 262 g/mol. The fourth-order valence-electron chi connectivity index (χ4n) is 1.86. The van der Waals surface area contributed by atoms with Gasteiger partial charge in [0.2, 0.25) is 0 Å². The SMILES string of the molecule is CCOc1ccc(C(C)(C)c2csc(N)n2)cc1. The number of hydrogen-bond donors (Lipinski definition) is 1. The Kier molecular flexibility index (Phi) is 3.57. The van der Waals surface area contributed by atoms with Crippen LogP contribution in [0.4, 0.5) is 5.13 Å². The molecule has 2 aromatic rings. The summed E-state index contributed by atoms with van der Waals surface area (Å²) in [5.41, 5.74) is 7.78. The zero-order valence-corrected chi connectivity index (χ0v) is 11.8. The molecule has 1 aromatic carbocycles. The molecular formula is C14H18N2OS. The largest absolute Gasteiger partial charge is 0.494 e. The van der Waals surface area contributed by atoms with Gasteiger partial charge in [-0.05, 0) is 24.6 Å². The van der Waals surface area contributed by atoms with Gasteiger partial charge in [0.25, 0.3) is 0 Å². The number of hydrogen-bond acceptors (Lipinski definition) is 4. The second kappa shape index (κ2) is 4.98. The smallest absolute Gasteiger partial charge is 0.180 e. The minimum atomic E-state index is -0.140. The van der Waals surface area contributed by atoms with E-state index in [2.05, 4.69) is 31.0 Å². The van der Waals surface area contributed by atoms with Gasteiger partial charge in [-0.25, -0.2) is 4.98 Å². The number of nitrogen functional groups attached to an aromatic ring is 1. The standard InChI is InChI=1S/C14H18N2OS/c1-4-17-11-7-5-10(6-8-11)14(2,3)12-9-18-13(15)16-12/h5-9H,4H2,1-3H3,(H2,15,16). The van der Waals surface area contributed by atoms with E-state index in [-0.39, 0.29) is 5.41 Å². The van der Waals surface area contributed by atoms with Crippen LogP contribution >= 0.6 is 11.3 Å². The predicted octanol–water partition coefficient (Wildman–Crippen LogP) is 3.45. The van der Waals surface area contributed by atoms with Crippen LogP contribution in [-0.4, -0.2) is 11.6 Å². The van der Waals surface area contributed by atoms with Crippen molar-refractivity contribution in [1.82, 2.24) is 4.98 Å². The lowest BCUT2D eigenvalue weighted by atomic mass is 9.82. The van der Waals surface area contributed by atoms with Crippen LogP contribution in [0.2, 0.25) is 0 Å². The fourth-order valence-corrected chi connectivity index (χ4v) is 2.59. The quantitative estimate of drug-likeness (QED) is 0.918. The van der Waals surface area contributed by atoms with E-state index in [1.54, 1.807) is 0 Å². The van der Waals surface area contributed by atoms with Gasteiger partial charge in [-0.1, -0.05) is 26.0 Å². The first kappa shape index (κ1) is 12.9. The van der Waals surface area contributed by atoms with Crippen LogP contribution in [0.5, 0.6) is 5.75 Å². The van der Waals surface area contributed by atoms with E-state index >= 15 is 0 Å². The van der Waals surface area contributed by atoms with Gasteiger partial charge in [0.1, 0.15) is 5.75 Å². The predicted molar refractivity (Wildman–Crippen MR) is 76.3 cm³/mol. The molecule has 2 rings (SSSR count). The minimum Gasteiger partial charge on any atom is -0.494 e. The third-order valence-corrected chi connectivity index (χ3v) is 3.72. The molecule has 96 valence electrons. The first-order valence-corrected chi connectivity index (χ1v) is 6.87. The second-order valence-electron chi connectivity index (χ2n) is 4.65. The van der Waals surface area contributed by atoms with Crippen molar-refractivity contribution in [3.05, 3.63) is 40.9 Å². The molecule has 1 heterocycles. The van der Waals surface area contributed by atoms with Crippen LogP contribution in [0, 0.1) is 0 Å². The summed E-state index contributed by atoms with van der Waals surface area (Å²) in [5, 5.41) is 2.63. The molecule has 0 atom stereocenters. The first-order valence-electron chi connectivity index (χ1n) is 5.99. The highest BCUT2D eigenvalue weighted by molar-refractivity contribution is 7.13. The number of ether oxygens (including phenoxy) is 1. The van der Waals surface area contributed by atoms with Gasteiger partial charge < -0.3 is 10.5 Å². The van der Waals surface area contributed by atoms with Crippen LogP contribution < -0.4 is 10.5 Å². The van der Waals surface area contributed by atoms with Crippen LogP contribution in [-0.2, 0) is 5.41 Å². The number of nitrogens with zero attached hydrogens (tertiary/aromatic N) is 1. The topological polar surface area (TPSA) is 48.1 Å². The molecular weight excluding hydrogens is 244 g/mol. The lowest BCUT2D eigenvalue weighted by Crippen LogP contribution is -2.19. The number of nitrogens with two attached hydrogens (primary N) is 1. The van der Waals surface area contributed by atoms with Gasteiger partial charge in [0.05, 0.1) is 12.3 Å². The van der Waals surface area contributed by atoms with Crippen molar-refractivity contribution >= 4 is 16.5 Å². The van der Waals surface area contributed by atoms with Crippen LogP contribution in [0.25, 0.3) is 0 Å². The number of rotatable bonds is 4. The van der Waals surface area contributed by atoms with Crippen molar-refractivity contribution < 1.29 is 4.74 Å². The molecule has 0 aliphatic rings. The Hall–Kier alpha value is -1.55. The van der Waals surface area contributed by atoms with Gasteiger partial charge in [-0.2, -0.15) is 0 Å². The van der Waals surface area contributed by atoms with Crippen molar-refractivity contribution in [2.24, 2.45) is 0 Å². The Morgan fingerprint density at radius 3 is 2.44 bits per heavy atom. The van der Waals surface area contributed by atoms with Gasteiger partial charge in [-0.15, -0.1) is 11.3 Å². The van der Waals surface area contributed by atoms with Crippen molar-refractivity contribution in [1.29, 1.82) is 0 Å². The summed E-state index contributed by atoms with van der Waals surface area (Å²) in [7, 11) is 0. The molecule has 0 spiro atoms. The fraction of sp³-hybridized carbons (Fsp3) is 0.357. The van der Waals surface area contributed by atoms with E-state index in [4.69, 9.17) is 10.5 Å². The maximum atomic E-state index is 5.70. The Morgan fingerprint density at radius 1 is 1.28 bits per heavy atom. The molecule has 4 heteroatoms. The minimum absolute atomic E-state index is 0.140. The van der Waals surface area contributed by atoms with Crippen molar-refractivity contribution in [2.75, 3.05) is 12.3 Å². The summed E-state index contributed by atoms with van der Waals surface area (Å²) in [6, 6.07) is 8.16.